The summed E-state index contributed by atoms with van der Waals surface area (Å²) in [5.74, 6) is 1.16. The van der Waals surface area contributed by atoms with Gasteiger partial charge in [-0.25, -0.2) is 4.98 Å². The second-order valence-corrected chi connectivity index (χ2v) is 5.30. The van der Waals surface area contributed by atoms with Gasteiger partial charge in [0.15, 0.2) is 0 Å². The molecule has 1 atom stereocenters. The maximum Gasteiger partial charge on any atom is 0.111 e. The Labute approximate surface area is 102 Å². The number of aryl methyl sites for hydroxylation is 1. The lowest BCUT2D eigenvalue weighted by atomic mass is 10.2. The zero-order chi connectivity index (χ0) is 12.0. The van der Waals surface area contributed by atoms with E-state index >= 15 is 0 Å². The van der Waals surface area contributed by atoms with Gasteiger partial charge in [0.25, 0.3) is 0 Å². The van der Waals surface area contributed by atoms with Gasteiger partial charge in [-0.1, -0.05) is 6.07 Å². The molecule has 1 unspecified atom stereocenters. The molecule has 2 N–H and O–H groups in total. The Bertz CT molecular complexity index is 550. The van der Waals surface area contributed by atoms with Crippen LogP contribution in [0.3, 0.4) is 0 Å². The first-order chi connectivity index (χ1) is 8.15. The van der Waals surface area contributed by atoms with Gasteiger partial charge in [0.1, 0.15) is 5.82 Å². The molecule has 0 saturated heterocycles. The minimum atomic E-state index is 0.172. The Balaban J connectivity index is 2.16. The van der Waals surface area contributed by atoms with Crippen LogP contribution in [0.2, 0.25) is 0 Å². The van der Waals surface area contributed by atoms with Crippen molar-refractivity contribution >= 4 is 11.0 Å². The first kappa shape index (κ1) is 10.8. The van der Waals surface area contributed by atoms with Crippen molar-refractivity contribution in [2.45, 2.75) is 45.2 Å². The predicted octanol–water partition coefficient (Wildman–Crippen LogP) is 2.57. The van der Waals surface area contributed by atoms with E-state index in [9.17, 15) is 0 Å². The minimum Gasteiger partial charge on any atom is -0.328 e. The molecule has 0 amide bonds. The molecule has 1 saturated carbocycles. The molecule has 0 radical (unpaired) electrons. The number of fused-ring (bicyclic) bond motifs is 1. The van der Waals surface area contributed by atoms with E-state index in [1.54, 1.807) is 0 Å². The molecule has 3 rings (SSSR count). The second-order valence-electron chi connectivity index (χ2n) is 5.30. The highest BCUT2D eigenvalue weighted by Gasteiger charge is 2.28. The Morgan fingerprint density at radius 1 is 1.47 bits per heavy atom. The van der Waals surface area contributed by atoms with Gasteiger partial charge in [0.2, 0.25) is 0 Å². The number of nitrogens with two attached hydrogens (primary N) is 1. The number of aromatic nitrogens is 2. The molecule has 3 heteroatoms. The normalized spacial score (nSPS) is 17.6. The summed E-state index contributed by atoms with van der Waals surface area (Å²) in [6.07, 6.45) is 3.43. The molecular weight excluding hydrogens is 210 g/mol. The second kappa shape index (κ2) is 3.84. The third-order valence-electron chi connectivity index (χ3n) is 3.33. The highest BCUT2D eigenvalue weighted by atomic mass is 15.1. The molecule has 90 valence electrons. The fraction of sp³-hybridized carbons (Fsp3) is 0.500. The van der Waals surface area contributed by atoms with Gasteiger partial charge < -0.3 is 10.3 Å². The summed E-state index contributed by atoms with van der Waals surface area (Å²) < 4.78 is 2.41. The molecule has 1 aromatic carbocycles. The van der Waals surface area contributed by atoms with Crippen molar-refractivity contribution in [1.82, 2.24) is 9.55 Å². The average molecular weight is 229 g/mol. The van der Waals surface area contributed by atoms with Crippen molar-refractivity contribution in [3.8, 4) is 0 Å². The number of imidazole rings is 1. The topological polar surface area (TPSA) is 43.8 Å². The molecule has 1 fully saturated rings. The molecular formula is C14H19N3. The van der Waals surface area contributed by atoms with E-state index in [0.29, 0.717) is 6.04 Å². The quantitative estimate of drug-likeness (QED) is 0.879. The standard InChI is InChI=1S/C14H19N3/c1-9-3-6-12-13(7-9)17(11-4-5-11)14(16-12)8-10(2)15/h3,6-7,10-11H,4-5,8,15H2,1-2H3. The largest absolute Gasteiger partial charge is 0.328 e. The van der Waals surface area contributed by atoms with Crippen LogP contribution >= 0.6 is 0 Å². The Hall–Kier alpha value is -1.35. The fourth-order valence-corrected chi connectivity index (χ4v) is 2.43. The van der Waals surface area contributed by atoms with Gasteiger partial charge in [-0.15, -0.1) is 0 Å². The number of hydrogen-bond donors (Lipinski definition) is 1. The summed E-state index contributed by atoms with van der Waals surface area (Å²) in [4.78, 5) is 4.74. The van der Waals surface area contributed by atoms with Crippen LogP contribution in [0.5, 0.6) is 0 Å². The third kappa shape index (κ3) is 1.95. The maximum atomic E-state index is 5.91. The molecule has 0 bridgehead atoms. The smallest absolute Gasteiger partial charge is 0.111 e. The van der Waals surface area contributed by atoms with Crippen LogP contribution in [0, 0.1) is 6.92 Å². The van der Waals surface area contributed by atoms with Crippen molar-refractivity contribution in [1.29, 1.82) is 0 Å². The summed E-state index contributed by atoms with van der Waals surface area (Å²) in [5.41, 5.74) is 9.60. The molecule has 1 heterocycles. The van der Waals surface area contributed by atoms with Gasteiger partial charge in [0.05, 0.1) is 11.0 Å². The van der Waals surface area contributed by atoms with Crippen molar-refractivity contribution in [2.75, 3.05) is 0 Å². The van der Waals surface area contributed by atoms with E-state index in [1.165, 1.54) is 23.9 Å². The van der Waals surface area contributed by atoms with Crippen LogP contribution in [0.1, 0.15) is 37.2 Å². The zero-order valence-electron chi connectivity index (χ0n) is 10.5. The van der Waals surface area contributed by atoms with Gasteiger partial charge in [0, 0.05) is 18.5 Å². The first-order valence-electron chi connectivity index (χ1n) is 6.38. The van der Waals surface area contributed by atoms with E-state index in [1.807, 2.05) is 6.92 Å². The first-order valence-corrected chi connectivity index (χ1v) is 6.38. The number of nitrogens with zero attached hydrogens (tertiary/aromatic N) is 2. The molecule has 1 aromatic heterocycles. The van der Waals surface area contributed by atoms with E-state index in [2.05, 4.69) is 29.7 Å². The zero-order valence-corrected chi connectivity index (χ0v) is 10.5. The van der Waals surface area contributed by atoms with Crippen LogP contribution in [0.15, 0.2) is 18.2 Å². The number of rotatable bonds is 3. The summed E-state index contributed by atoms with van der Waals surface area (Å²) in [5, 5.41) is 0. The maximum absolute atomic E-state index is 5.91. The lowest BCUT2D eigenvalue weighted by molar-refractivity contribution is 0.639. The highest BCUT2D eigenvalue weighted by molar-refractivity contribution is 5.77. The fourth-order valence-electron chi connectivity index (χ4n) is 2.43. The Kier molecular flexibility index (Phi) is 2.44. The molecule has 1 aliphatic carbocycles. The van der Waals surface area contributed by atoms with Crippen molar-refractivity contribution in [2.24, 2.45) is 5.73 Å². The number of benzene rings is 1. The van der Waals surface area contributed by atoms with Gasteiger partial charge in [-0.3, -0.25) is 0 Å². The summed E-state index contributed by atoms with van der Waals surface area (Å²) in [7, 11) is 0. The third-order valence-corrected chi connectivity index (χ3v) is 3.33. The Morgan fingerprint density at radius 2 is 2.24 bits per heavy atom. The van der Waals surface area contributed by atoms with Crippen molar-refractivity contribution in [3.05, 3.63) is 29.6 Å². The number of hydrogen-bond acceptors (Lipinski definition) is 2. The lowest BCUT2D eigenvalue weighted by Crippen LogP contribution is -2.20. The highest BCUT2D eigenvalue weighted by Crippen LogP contribution is 2.39. The predicted molar refractivity (Wildman–Crippen MR) is 70.1 cm³/mol. The van der Waals surface area contributed by atoms with E-state index in [0.717, 1.165) is 17.8 Å². The van der Waals surface area contributed by atoms with E-state index in [4.69, 9.17) is 10.7 Å². The van der Waals surface area contributed by atoms with Crippen LogP contribution in [-0.2, 0) is 6.42 Å². The summed E-state index contributed by atoms with van der Waals surface area (Å²) in [6, 6.07) is 7.32. The van der Waals surface area contributed by atoms with Gasteiger partial charge in [-0.05, 0) is 44.4 Å². The summed E-state index contributed by atoms with van der Waals surface area (Å²) in [6.45, 7) is 4.18. The lowest BCUT2D eigenvalue weighted by Gasteiger charge is -2.09. The summed E-state index contributed by atoms with van der Waals surface area (Å²) >= 11 is 0. The van der Waals surface area contributed by atoms with Crippen LogP contribution in [0.4, 0.5) is 0 Å². The van der Waals surface area contributed by atoms with Crippen molar-refractivity contribution < 1.29 is 0 Å². The van der Waals surface area contributed by atoms with Crippen molar-refractivity contribution in [3.63, 3.8) is 0 Å². The Morgan fingerprint density at radius 3 is 2.88 bits per heavy atom. The van der Waals surface area contributed by atoms with E-state index < -0.39 is 0 Å². The molecule has 0 aliphatic heterocycles. The monoisotopic (exact) mass is 229 g/mol. The average Bonchev–Trinajstić information content (AvgIpc) is 3.01. The SMILES string of the molecule is Cc1ccc2nc(CC(C)N)n(C3CC3)c2c1. The van der Waals surface area contributed by atoms with E-state index in [-0.39, 0.29) is 6.04 Å². The van der Waals surface area contributed by atoms with Crippen LogP contribution in [0.25, 0.3) is 11.0 Å². The molecule has 17 heavy (non-hydrogen) atoms. The molecule has 3 nitrogen and oxygen atoms in total. The molecule has 0 spiro atoms. The van der Waals surface area contributed by atoms with Gasteiger partial charge in [-0.2, -0.15) is 0 Å². The molecule has 2 aromatic rings. The van der Waals surface area contributed by atoms with Gasteiger partial charge >= 0.3 is 0 Å². The molecule has 1 aliphatic rings. The van der Waals surface area contributed by atoms with Crippen LogP contribution < -0.4 is 5.73 Å². The van der Waals surface area contributed by atoms with Crippen LogP contribution in [-0.4, -0.2) is 15.6 Å². The minimum absolute atomic E-state index is 0.172.